The Bertz CT molecular complexity index is 713. The van der Waals surface area contributed by atoms with Crippen LogP contribution in [0.2, 0.25) is 0 Å². The Morgan fingerprint density at radius 2 is 1.88 bits per heavy atom. The van der Waals surface area contributed by atoms with E-state index in [-0.39, 0.29) is 5.92 Å². The van der Waals surface area contributed by atoms with Gasteiger partial charge < -0.3 is 14.6 Å². The summed E-state index contributed by atoms with van der Waals surface area (Å²) in [4.78, 5) is 9.56. The second-order valence-electron chi connectivity index (χ2n) is 6.93. The van der Waals surface area contributed by atoms with E-state index in [1.54, 1.807) is 7.11 Å². The van der Waals surface area contributed by atoms with Crippen LogP contribution in [0.3, 0.4) is 0 Å². The van der Waals surface area contributed by atoms with Crippen molar-refractivity contribution in [3.63, 3.8) is 0 Å². The van der Waals surface area contributed by atoms with Gasteiger partial charge in [-0.15, -0.1) is 0 Å². The molecule has 1 saturated carbocycles. The molecule has 0 amide bonds. The van der Waals surface area contributed by atoms with E-state index in [0.717, 1.165) is 52.8 Å². The Labute approximate surface area is 143 Å². The highest BCUT2D eigenvalue weighted by Crippen LogP contribution is 2.34. The van der Waals surface area contributed by atoms with Gasteiger partial charge in [0.05, 0.1) is 23.1 Å². The van der Waals surface area contributed by atoms with Crippen molar-refractivity contribution in [1.29, 1.82) is 0 Å². The number of aryl methyl sites for hydroxylation is 2. The van der Waals surface area contributed by atoms with Gasteiger partial charge in [-0.25, -0.2) is 9.97 Å². The summed E-state index contributed by atoms with van der Waals surface area (Å²) in [6.07, 6.45) is 2.38. The third-order valence-electron chi connectivity index (χ3n) is 4.72. The monoisotopic (exact) mass is 330 g/mol. The molecular formula is C18H26N4O2. The lowest BCUT2D eigenvalue weighted by Gasteiger charge is -2.35. The highest BCUT2D eigenvalue weighted by atomic mass is 16.5. The van der Waals surface area contributed by atoms with Gasteiger partial charge in [-0.05, 0) is 33.6 Å². The molecule has 1 fully saturated rings. The first-order chi connectivity index (χ1) is 11.4. The van der Waals surface area contributed by atoms with Gasteiger partial charge in [0.1, 0.15) is 17.4 Å². The minimum absolute atomic E-state index is 0.249. The van der Waals surface area contributed by atoms with Crippen LogP contribution < -0.4 is 5.32 Å². The molecule has 6 nitrogen and oxygen atoms in total. The zero-order valence-electron chi connectivity index (χ0n) is 15.3. The van der Waals surface area contributed by atoms with E-state index in [4.69, 9.17) is 19.2 Å². The van der Waals surface area contributed by atoms with Crippen LogP contribution in [0.5, 0.6) is 0 Å². The normalized spacial score (nSPS) is 20.3. The Morgan fingerprint density at radius 3 is 2.42 bits per heavy atom. The molecule has 2 heterocycles. The summed E-state index contributed by atoms with van der Waals surface area (Å²) in [5, 5.41) is 7.64. The predicted molar refractivity (Wildman–Crippen MR) is 93.3 cm³/mol. The van der Waals surface area contributed by atoms with Crippen LogP contribution in [0.15, 0.2) is 4.52 Å². The highest BCUT2D eigenvalue weighted by Gasteiger charge is 2.30. The van der Waals surface area contributed by atoms with Crippen molar-refractivity contribution in [2.45, 2.75) is 65.5 Å². The number of aromatic nitrogens is 3. The van der Waals surface area contributed by atoms with Crippen LogP contribution in [0.4, 0.5) is 5.82 Å². The highest BCUT2D eigenvalue weighted by molar-refractivity contribution is 5.71. The maximum Gasteiger partial charge on any atom is 0.143 e. The fourth-order valence-electron chi connectivity index (χ4n) is 3.07. The summed E-state index contributed by atoms with van der Waals surface area (Å²) >= 11 is 0. The predicted octanol–water partition coefficient (Wildman–Crippen LogP) is 3.77. The van der Waals surface area contributed by atoms with Crippen molar-refractivity contribution < 1.29 is 9.26 Å². The van der Waals surface area contributed by atoms with Crippen molar-refractivity contribution in [3.05, 3.63) is 22.8 Å². The number of ether oxygens (including phenoxy) is 1. The number of methoxy groups -OCH3 is 1. The molecule has 0 aromatic carbocycles. The van der Waals surface area contributed by atoms with Crippen molar-refractivity contribution in [1.82, 2.24) is 15.1 Å². The molecule has 0 radical (unpaired) electrons. The van der Waals surface area contributed by atoms with Crippen LogP contribution in [0.1, 0.15) is 55.4 Å². The van der Waals surface area contributed by atoms with Gasteiger partial charge in [0.2, 0.25) is 0 Å². The quantitative estimate of drug-likeness (QED) is 0.899. The van der Waals surface area contributed by atoms with Crippen molar-refractivity contribution in [3.8, 4) is 11.3 Å². The van der Waals surface area contributed by atoms with Gasteiger partial charge in [0.15, 0.2) is 0 Å². The SMILES string of the molecule is COC1CC(Nc2nc(C(C)C)nc(-c3c(C)noc3C)c2C)C1. The van der Waals surface area contributed by atoms with E-state index in [2.05, 4.69) is 31.2 Å². The summed E-state index contributed by atoms with van der Waals surface area (Å²) in [5.74, 6) is 2.78. The number of rotatable bonds is 5. The van der Waals surface area contributed by atoms with E-state index in [0.29, 0.717) is 12.1 Å². The van der Waals surface area contributed by atoms with Crippen LogP contribution in [-0.4, -0.2) is 34.4 Å². The maximum atomic E-state index is 5.37. The molecule has 130 valence electrons. The van der Waals surface area contributed by atoms with Gasteiger partial charge >= 0.3 is 0 Å². The molecule has 0 spiro atoms. The van der Waals surface area contributed by atoms with Crippen LogP contribution >= 0.6 is 0 Å². The summed E-state index contributed by atoms with van der Waals surface area (Å²) in [6, 6.07) is 0.404. The molecule has 0 atom stereocenters. The zero-order chi connectivity index (χ0) is 17.4. The van der Waals surface area contributed by atoms with Gasteiger partial charge in [-0.1, -0.05) is 19.0 Å². The minimum Gasteiger partial charge on any atom is -0.381 e. The number of anilines is 1. The van der Waals surface area contributed by atoms with Gasteiger partial charge in [-0.3, -0.25) is 0 Å². The third-order valence-corrected chi connectivity index (χ3v) is 4.72. The molecule has 0 saturated heterocycles. The van der Waals surface area contributed by atoms with Crippen molar-refractivity contribution in [2.75, 3.05) is 12.4 Å². The lowest BCUT2D eigenvalue weighted by Crippen LogP contribution is -2.40. The lowest BCUT2D eigenvalue weighted by molar-refractivity contribution is 0.0327. The van der Waals surface area contributed by atoms with Gasteiger partial charge in [0.25, 0.3) is 0 Å². The minimum atomic E-state index is 0.249. The Morgan fingerprint density at radius 1 is 1.17 bits per heavy atom. The Balaban J connectivity index is 2.00. The first-order valence-corrected chi connectivity index (χ1v) is 8.51. The average Bonchev–Trinajstić information content (AvgIpc) is 2.83. The summed E-state index contributed by atoms with van der Waals surface area (Å²) < 4.78 is 10.7. The molecule has 1 N–H and O–H groups in total. The molecule has 6 heteroatoms. The number of nitrogens with one attached hydrogen (secondary N) is 1. The van der Waals surface area contributed by atoms with Crippen LogP contribution in [0.25, 0.3) is 11.3 Å². The molecule has 1 aliphatic rings. The molecule has 2 aromatic rings. The Hall–Kier alpha value is -1.95. The second kappa shape index (κ2) is 6.51. The zero-order valence-corrected chi connectivity index (χ0v) is 15.3. The molecule has 0 unspecified atom stereocenters. The molecule has 1 aliphatic carbocycles. The van der Waals surface area contributed by atoms with Gasteiger partial charge in [0, 0.05) is 24.6 Å². The van der Waals surface area contributed by atoms with Crippen LogP contribution in [0, 0.1) is 20.8 Å². The number of nitrogens with zero attached hydrogens (tertiary/aromatic N) is 3. The average molecular weight is 330 g/mol. The molecule has 2 aromatic heterocycles. The molecular weight excluding hydrogens is 304 g/mol. The fourth-order valence-corrected chi connectivity index (χ4v) is 3.07. The summed E-state index contributed by atoms with van der Waals surface area (Å²) in [7, 11) is 1.77. The van der Waals surface area contributed by atoms with E-state index >= 15 is 0 Å². The van der Waals surface area contributed by atoms with Crippen molar-refractivity contribution in [2.24, 2.45) is 0 Å². The first kappa shape index (κ1) is 16.9. The number of hydrogen-bond acceptors (Lipinski definition) is 6. The van der Waals surface area contributed by atoms with E-state index < -0.39 is 0 Å². The number of hydrogen-bond donors (Lipinski definition) is 1. The van der Waals surface area contributed by atoms with Crippen molar-refractivity contribution >= 4 is 5.82 Å². The first-order valence-electron chi connectivity index (χ1n) is 8.51. The van der Waals surface area contributed by atoms with E-state index in [1.807, 2.05) is 13.8 Å². The lowest BCUT2D eigenvalue weighted by atomic mass is 9.89. The molecule has 0 bridgehead atoms. The van der Waals surface area contributed by atoms with Crippen LogP contribution in [-0.2, 0) is 4.74 Å². The summed E-state index contributed by atoms with van der Waals surface area (Å²) in [5.41, 5.74) is 3.78. The fraction of sp³-hybridized carbons (Fsp3) is 0.611. The standard InChI is InChI=1S/C18H26N4O2/c1-9(2)17-20-16(15-11(4)22-24-12(15)5)10(3)18(21-17)19-13-7-14(8-13)23-6/h9,13-14H,7-8H2,1-6H3,(H,19,20,21). The van der Waals surface area contributed by atoms with E-state index in [9.17, 15) is 0 Å². The van der Waals surface area contributed by atoms with Gasteiger partial charge in [-0.2, -0.15) is 0 Å². The Kier molecular flexibility index (Phi) is 4.58. The molecule has 3 rings (SSSR count). The molecule has 0 aliphatic heterocycles. The second-order valence-corrected chi connectivity index (χ2v) is 6.93. The van der Waals surface area contributed by atoms with E-state index in [1.165, 1.54) is 0 Å². The largest absolute Gasteiger partial charge is 0.381 e. The third kappa shape index (κ3) is 3.02. The topological polar surface area (TPSA) is 73.1 Å². The molecule has 24 heavy (non-hydrogen) atoms. The smallest absolute Gasteiger partial charge is 0.143 e. The summed E-state index contributed by atoms with van der Waals surface area (Å²) in [6.45, 7) is 10.1. The maximum absolute atomic E-state index is 5.37.